The zero-order valence-electron chi connectivity index (χ0n) is 5.98. The average molecular weight is 210 g/mol. The molecule has 68 valence electrons. The number of rotatable bonds is 0. The topological polar surface area (TPSA) is 63.4 Å². The number of benzene rings is 1. The lowest BCUT2D eigenvalue weighted by molar-refractivity contribution is -0.742. The number of hydrogen-bond donors (Lipinski definition) is 1. The van der Waals surface area contributed by atoms with E-state index in [4.69, 9.17) is 26.9 Å². The molecule has 0 amide bonds. The number of halogens is 1. The lowest BCUT2D eigenvalue weighted by atomic mass is 10.4. The van der Waals surface area contributed by atoms with Crippen LogP contribution in [0.15, 0.2) is 30.3 Å². The van der Waals surface area contributed by atoms with Crippen LogP contribution in [0, 0.1) is 10.1 Å². The van der Waals surface area contributed by atoms with Crippen molar-refractivity contribution >= 4 is 25.1 Å². The van der Waals surface area contributed by atoms with Crippen LogP contribution in [0.3, 0.4) is 0 Å². The quantitative estimate of drug-likeness (QED) is 0.526. The van der Waals surface area contributed by atoms with E-state index in [0.29, 0.717) is 0 Å². The fraction of sp³-hybridized carbons (Fsp3) is 0. The minimum atomic E-state index is -1.50. The van der Waals surface area contributed by atoms with E-state index in [9.17, 15) is 0 Å². The Morgan fingerprint density at radius 2 is 1.67 bits per heavy atom. The van der Waals surface area contributed by atoms with Crippen LogP contribution >= 0.6 is 25.1 Å². The lowest BCUT2D eigenvalue weighted by Gasteiger charge is -1.80. The molecule has 1 aromatic rings. The van der Waals surface area contributed by atoms with Gasteiger partial charge in [0.15, 0.2) is 0 Å². The first-order valence-electron chi connectivity index (χ1n) is 2.66. The minimum Gasteiger partial charge on any atom is -0.328 e. The van der Waals surface area contributed by atoms with Gasteiger partial charge in [-0.1, -0.05) is 29.8 Å². The van der Waals surface area contributed by atoms with Crippen molar-refractivity contribution in [3.8, 4) is 0 Å². The summed E-state index contributed by atoms with van der Waals surface area (Å²) < 4.78 is 0. The first kappa shape index (κ1) is 13.6. The molecule has 0 bridgehead atoms. The molecule has 1 aromatic carbocycles. The molecule has 0 saturated heterocycles. The molecule has 12 heavy (non-hydrogen) atoms. The standard InChI is InChI=1S/C6H5Cl.HNO3.H2S/c7-6-4-2-1-3-5-6;2-1(3)4;/h1-5H;(H,2,3,4);1H2. The third-order valence-electron chi connectivity index (χ3n) is 0.733. The second kappa shape index (κ2) is 8.16. The van der Waals surface area contributed by atoms with Crippen LogP contribution in [-0.2, 0) is 0 Å². The Balaban J connectivity index is 0. The Hall–Kier alpha value is -0.940. The first-order valence-corrected chi connectivity index (χ1v) is 3.04. The van der Waals surface area contributed by atoms with Gasteiger partial charge in [0, 0.05) is 5.02 Å². The molecule has 0 fully saturated rings. The largest absolute Gasteiger partial charge is 0.328 e. The molecule has 0 unspecified atom stereocenters. The van der Waals surface area contributed by atoms with E-state index in [-0.39, 0.29) is 13.5 Å². The van der Waals surface area contributed by atoms with Gasteiger partial charge in [0.05, 0.1) is 0 Å². The molecule has 0 radical (unpaired) electrons. The van der Waals surface area contributed by atoms with Crippen molar-refractivity contribution in [1.29, 1.82) is 0 Å². The van der Waals surface area contributed by atoms with Crippen LogP contribution in [0.1, 0.15) is 0 Å². The Morgan fingerprint density at radius 1 is 1.33 bits per heavy atom. The predicted octanol–water partition coefficient (Wildman–Crippen LogP) is 2.11. The van der Waals surface area contributed by atoms with Gasteiger partial charge >= 0.3 is 0 Å². The molecule has 4 nitrogen and oxygen atoms in total. The monoisotopic (exact) mass is 209 g/mol. The third kappa shape index (κ3) is 11.8. The van der Waals surface area contributed by atoms with Crippen LogP contribution in [0.2, 0.25) is 5.02 Å². The van der Waals surface area contributed by atoms with E-state index >= 15 is 0 Å². The van der Waals surface area contributed by atoms with Gasteiger partial charge in [-0.15, -0.1) is 10.1 Å². The summed E-state index contributed by atoms with van der Waals surface area (Å²) in [7, 11) is 0. The maximum atomic E-state index is 8.36. The van der Waals surface area contributed by atoms with Gasteiger partial charge in [0.1, 0.15) is 0 Å². The fourth-order valence-corrected chi connectivity index (χ4v) is 0.560. The molecule has 0 heterocycles. The van der Waals surface area contributed by atoms with Gasteiger partial charge in [0.2, 0.25) is 0 Å². The molecule has 0 aliphatic rings. The van der Waals surface area contributed by atoms with Crippen molar-refractivity contribution in [3.63, 3.8) is 0 Å². The van der Waals surface area contributed by atoms with Crippen molar-refractivity contribution in [2.45, 2.75) is 0 Å². The molecular formula is C6H8ClNO3S. The van der Waals surface area contributed by atoms with Crippen LogP contribution in [0.5, 0.6) is 0 Å². The maximum absolute atomic E-state index is 8.36. The third-order valence-corrected chi connectivity index (χ3v) is 0.985. The van der Waals surface area contributed by atoms with E-state index in [0.717, 1.165) is 5.02 Å². The summed E-state index contributed by atoms with van der Waals surface area (Å²) in [5.41, 5.74) is 0. The van der Waals surface area contributed by atoms with Crippen molar-refractivity contribution < 1.29 is 10.3 Å². The summed E-state index contributed by atoms with van der Waals surface area (Å²) in [5, 5.41) is 14.4. The van der Waals surface area contributed by atoms with Crippen molar-refractivity contribution in [3.05, 3.63) is 45.5 Å². The summed E-state index contributed by atoms with van der Waals surface area (Å²) in [4.78, 5) is 8.36. The SMILES string of the molecule is Clc1ccccc1.O=[N+]([O-])O.S. The summed E-state index contributed by atoms with van der Waals surface area (Å²) in [6, 6.07) is 9.44. The summed E-state index contributed by atoms with van der Waals surface area (Å²) in [5.74, 6) is 0. The zero-order valence-corrected chi connectivity index (χ0v) is 7.73. The highest BCUT2D eigenvalue weighted by Crippen LogP contribution is 2.03. The van der Waals surface area contributed by atoms with E-state index in [1.165, 1.54) is 0 Å². The summed E-state index contributed by atoms with van der Waals surface area (Å²) in [6.07, 6.45) is 0. The second-order valence-corrected chi connectivity index (χ2v) is 1.97. The van der Waals surface area contributed by atoms with Gasteiger partial charge in [-0.25, -0.2) is 0 Å². The van der Waals surface area contributed by atoms with Gasteiger partial charge < -0.3 is 5.21 Å². The van der Waals surface area contributed by atoms with Crippen molar-refractivity contribution in [2.24, 2.45) is 0 Å². The smallest absolute Gasteiger partial charge is 0.291 e. The summed E-state index contributed by atoms with van der Waals surface area (Å²) in [6.45, 7) is 0. The van der Waals surface area contributed by atoms with E-state index in [2.05, 4.69) is 0 Å². The average Bonchev–Trinajstić information content (AvgIpc) is 1.87. The van der Waals surface area contributed by atoms with Crippen LogP contribution in [0.4, 0.5) is 0 Å². The van der Waals surface area contributed by atoms with Crippen LogP contribution in [-0.4, -0.2) is 10.3 Å². The lowest BCUT2D eigenvalue weighted by Crippen LogP contribution is -1.81. The van der Waals surface area contributed by atoms with Crippen molar-refractivity contribution in [1.82, 2.24) is 0 Å². The Morgan fingerprint density at radius 3 is 1.83 bits per heavy atom. The normalized spacial score (nSPS) is 7.08. The highest BCUT2D eigenvalue weighted by atomic mass is 35.5. The predicted molar refractivity (Wildman–Crippen MR) is 50.6 cm³/mol. The van der Waals surface area contributed by atoms with E-state index < -0.39 is 5.09 Å². The van der Waals surface area contributed by atoms with Crippen LogP contribution < -0.4 is 0 Å². The summed E-state index contributed by atoms with van der Waals surface area (Å²) >= 11 is 5.54. The molecule has 0 saturated carbocycles. The molecule has 0 spiro atoms. The Kier molecular flexibility index (Phi) is 9.27. The number of hydrogen-bond acceptors (Lipinski definition) is 2. The molecular weight excluding hydrogens is 202 g/mol. The molecule has 1 rings (SSSR count). The number of nitrogens with zero attached hydrogens (tertiary/aromatic N) is 1. The van der Waals surface area contributed by atoms with E-state index in [1.807, 2.05) is 30.3 Å². The van der Waals surface area contributed by atoms with Crippen molar-refractivity contribution in [2.75, 3.05) is 0 Å². The fourth-order valence-electron chi connectivity index (χ4n) is 0.415. The Bertz CT molecular complexity index is 215. The van der Waals surface area contributed by atoms with E-state index in [1.54, 1.807) is 0 Å². The van der Waals surface area contributed by atoms with Gasteiger partial charge in [-0.3, -0.25) is 0 Å². The Labute approximate surface area is 81.3 Å². The highest BCUT2D eigenvalue weighted by Gasteiger charge is 1.74. The molecule has 0 aliphatic heterocycles. The first-order chi connectivity index (χ1) is 5.13. The van der Waals surface area contributed by atoms with Gasteiger partial charge in [-0.2, -0.15) is 13.5 Å². The highest BCUT2D eigenvalue weighted by molar-refractivity contribution is 7.59. The minimum absolute atomic E-state index is 0. The molecule has 0 atom stereocenters. The molecule has 0 aromatic heterocycles. The zero-order chi connectivity index (χ0) is 8.69. The maximum Gasteiger partial charge on any atom is 0.291 e. The van der Waals surface area contributed by atoms with Crippen LogP contribution in [0.25, 0.3) is 0 Å². The molecule has 0 aliphatic carbocycles. The van der Waals surface area contributed by atoms with Gasteiger partial charge in [0.25, 0.3) is 5.09 Å². The van der Waals surface area contributed by atoms with Gasteiger partial charge in [-0.05, 0) is 12.1 Å². The molecule has 1 N–H and O–H groups in total. The second-order valence-electron chi connectivity index (χ2n) is 1.53. The molecule has 6 heteroatoms.